The van der Waals surface area contributed by atoms with Crippen LogP contribution in [0.4, 0.5) is 4.79 Å². The van der Waals surface area contributed by atoms with Crippen LogP contribution in [0.1, 0.15) is 61.2 Å². The van der Waals surface area contributed by atoms with E-state index < -0.39 is 11.6 Å². The Morgan fingerprint density at radius 3 is 2.60 bits per heavy atom. The lowest BCUT2D eigenvalue weighted by Gasteiger charge is -2.45. The van der Waals surface area contributed by atoms with Crippen LogP contribution in [0, 0.1) is 0 Å². The predicted octanol–water partition coefficient (Wildman–Crippen LogP) is 6.50. The van der Waals surface area contributed by atoms with E-state index in [1.165, 1.54) is 11.1 Å². The molecule has 0 spiro atoms. The Morgan fingerprint density at radius 1 is 1.06 bits per heavy atom. The van der Waals surface area contributed by atoms with Gasteiger partial charge in [0.25, 0.3) is 0 Å². The largest absolute Gasteiger partial charge is 0.337 e. The average Bonchev–Trinajstić information content (AvgIpc) is 3.52. The summed E-state index contributed by atoms with van der Waals surface area (Å²) < 4.78 is 2.96. The summed E-state index contributed by atoms with van der Waals surface area (Å²) in [6.07, 6.45) is 9.78. The second kappa shape index (κ2) is 14.8. The van der Waals surface area contributed by atoms with Crippen LogP contribution in [0.2, 0.25) is 5.02 Å². The Morgan fingerprint density at radius 2 is 1.85 bits per heavy atom. The first-order valence-electron chi connectivity index (χ1n) is 16.6. The number of amides is 3. The normalized spacial score (nSPS) is 18.1. The number of aromatic nitrogens is 3. The van der Waals surface area contributed by atoms with Gasteiger partial charge in [0.2, 0.25) is 5.91 Å². The highest BCUT2D eigenvalue weighted by atomic mass is 79.9. The van der Waals surface area contributed by atoms with Crippen molar-refractivity contribution in [2.75, 3.05) is 26.2 Å². The summed E-state index contributed by atoms with van der Waals surface area (Å²) in [6, 6.07) is 17.2. The summed E-state index contributed by atoms with van der Waals surface area (Å²) in [6.45, 7) is 8.98. The van der Waals surface area contributed by atoms with Crippen molar-refractivity contribution in [3.8, 4) is 0 Å². The third-order valence-corrected chi connectivity index (χ3v) is 9.70. The molecule has 9 nitrogen and oxygen atoms in total. The predicted molar refractivity (Wildman–Crippen MR) is 192 cm³/mol. The molecule has 252 valence electrons. The zero-order chi connectivity index (χ0) is 33.8. The number of halogens is 2. The summed E-state index contributed by atoms with van der Waals surface area (Å²) in [5, 5.41) is 3.83. The first kappa shape index (κ1) is 34.1. The number of aryl methyl sites for hydroxylation is 3. The van der Waals surface area contributed by atoms with E-state index in [9.17, 15) is 9.59 Å². The molecule has 2 aromatic carbocycles. The van der Waals surface area contributed by atoms with Crippen molar-refractivity contribution in [1.82, 2.24) is 34.6 Å². The van der Waals surface area contributed by atoms with E-state index in [1.54, 1.807) is 17.4 Å². The van der Waals surface area contributed by atoms with E-state index in [0.29, 0.717) is 37.7 Å². The first-order valence-corrected chi connectivity index (χ1v) is 17.8. The van der Waals surface area contributed by atoms with Crippen LogP contribution in [0.5, 0.6) is 0 Å². The van der Waals surface area contributed by atoms with Gasteiger partial charge in [0.15, 0.2) is 0 Å². The van der Waals surface area contributed by atoms with E-state index in [2.05, 4.69) is 49.3 Å². The lowest BCUT2D eigenvalue weighted by molar-refractivity contribution is -0.139. The van der Waals surface area contributed by atoms with E-state index in [-0.39, 0.29) is 18.0 Å². The van der Waals surface area contributed by atoms with Crippen molar-refractivity contribution in [1.29, 1.82) is 0 Å². The van der Waals surface area contributed by atoms with Gasteiger partial charge in [-0.1, -0.05) is 48.0 Å². The fourth-order valence-corrected chi connectivity index (χ4v) is 7.39. The summed E-state index contributed by atoms with van der Waals surface area (Å²) in [5.74, 6) is -0.0628. The number of benzene rings is 2. The smallest absolute Gasteiger partial charge is 0.318 e. The second-order valence-corrected chi connectivity index (χ2v) is 15.1. The van der Waals surface area contributed by atoms with Crippen LogP contribution in [0.25, 0.3) is 0 Å². The minimum Gasteiger partial charge on any atom is -0.337 e. The first-order chi connectivity index (χ1) is 23.1. The Bertz CT molecular complexity index is 1670. The molecule has 0 saturated carbocycles. The third-order valence-electron chi connectivity index (χ3n) is 9.03. The highest BCUT2D eigenvalue weighted by Crippen LogP contribution is 2.38. The van der Waals surface area contributed by atoms with Gasteiger partial charge >= 0.3 is 6.03 Å². The number of carbonyl (C=O) groups excluding carboxylic acids is 2. The molecule has 0 unspecified atom stereocenters. The van der Waals surface area contributed by atoms with Crippen molar-refractivity contribution in [3.05, 3.63) is 117 Å². The second-order valence-electron chi connectivity index (χ2n) is 13.7. The average molecular weight is 733 g/mol. The Kier molecular flexibility index (Phi) is 10.5. The number of imidazole rings is 1. The van der Waals surface area contributed by atoms with Gasteiger partial charge in [-0.2, -0.15) is 0 Å². The quantitative estimate of drug-likeness (QED) is 0.224. The number of carbonyl (C=O) groups is 2. The summed E-state index contributed by atoms with van der Waals surface area (Å²) in [7, 11) is 0. The van der Waals surface area contributed by atoms with Gasteiger partial charge in [-0.3, -0.25) is 14.7 Å². The Balaban J connectivity index is 1.36. The number of fused-ring (bicyclic) bond motifs is 2. The molecule has 0 bridgehead atoms. The van der Waals surface area contributed by atoms with E-state index in [1.807, 2.05) is 79.0 Å². The molecule has 1 saturated heterocycles. The van der Waals surface area contributed by atoms with Crippen molar-refractivity contribution < 1.29 is 9.59 Å². The minimum absolute atomic E-state index is 0.0628. The van der Waals surface area contributed by atoms with Crippen LogP contribution < -0.4 is 5.32 Å². The third kappa shape index (κ3) is 8.10. The molecule has 3 amide bonds. The molecular formula is C37H43BrClN7O2. The highest BCUT2D eigenvalue weighted by molar-refractivity contribution is 9.10. The maximum absolute atomic E-state index is 14.9. The molecule has 1 N–H and O–H groups in total. The molecular weight excluding hydrogens is 690 g/mol. The number of hydrogen-bond donors (Lipinski definition) is 1. The molecule has 3 heterocycles. The number of hydrogen-bond acceptors (Lipinski definition) is 5. The van der Waals surface area contributed by atoms with Gasteiger partial charge in [0.1, 0.15) is 6.04 Å². The van der Waals surface area contributed by atoms with Crippen LogP contribution in [0.3, 0.4) is 0 Å². The molecule has 48 heavy (non-hydrogen) atoms. The summed E-state index contributed by atoms with van der Waals surface area (Å²) in [4.78, 5) is 43.9. The van der Waals surface area contributed by atoms with Crippen LogP contribution >= 0.6 is 27.5 Å². The van der Waals surface area contributed by atoms with Crippen molar-refractivity contribution in [2.45, 2.75) is 70.7 Å². The number of pyridine rings is 1. The lowest BCUT2D eigenvalue weighted by atomic mass is 9.95. The van der Waals surface area contributed by atoms with Gasteiger partial charge in [0, 0.05) is 72.9 Å². The number of piperazine rings is 1. The van der Waals surface area contributed by atoms with Crippen LogP contribution in [0.15, 0.2) is 84.0 Å². The van der Waals surface area contributed by atoms with Crippen molar-refractivity contribution in [3.63, 3.8) is 0 Å². The fraction of sp³-hybridized carbons (Fsp3) is 0.405. The van der Waals surface area contributed by atoms with E-state index in [4.69, 9.17) is 16.6 Å². The molecule has 1 fully saturated rings. The highest BCUT2D eigenvalue weighted by Gasteiger charge is 2.42. The molecule has 2 aromatic heterocycles. The number of nitrogens with one attached hydrogen (secondary N) is 1. The van der Waals surface area contributed by atoms with Gasteiger partial charge in [-0.05, 0) is 96.4 Å². The number of rotatable bonds is 8. The molecule has 11 heteroatoms. The van der Waals surface area contributed by atoms with Crippen molar-refractivity contribution >= 4 is 39.5 Å². The molecule has 6 rings (SSSR count). The standard InChI is InChI=1S/C37H43BrClN7O2/c1-37(2,3)42-36(48)46-19-18-44(34-31-13-12-30(39)21-27(31)10-11-28-20-29(38)22-41-33(28)34)24-32(46)35(47)45(23-26-8-5-4-6-9-26)16-7-15-43-17-14-40-25-43/h4-6,8-9,12-14,17,20-22,25,32,34H,7,10-11,15-16,18-19,23-24H2,1-3H3,(H,42,48)/t32-,34+/m1/s1. The molecule has 1 aliphatic carbocycles. The Labute approximate surface area is 296 Å². The summed E-state index contributed by atoms with van der Waals surface area (Å²) in [5.41, 5.74) is 5.08. The zero-order valence-corrected chi connectivity index (χ0v) is 30.1. The minimum atomic E-state index is -0.698. The molecule has 2 atom stereocenters. The fourth-order valence-electron chi connectivity index (χ4n) is 6.81. The molecule has 1 aliphatic heterocycles. The number of nitrogens with zero attached hydrogens (tertiary/aromatic N) is 6. The summed E-state index contributed by atoms with van der Waals surface area (Å²) >= 11 is 10.1. The maximum atomic E-state index is 14.9. The van der Waals surface area contributed by atoms with E-state index >= 15 is 0 Å². The molecule has 0 radical (unpaired) electrons. The molecule has 2 aliphatic rings. The number of urea groups is 1. The van der Waals surface area contributed by atoms with Gasteiger partial charge < -0.3 is 19.7 Å². The van der Waals surface area contributed by atoms with Gasteiger partial charge in [0.05, 0.1) is 18.1 Å². The van der Waals surface area contributed by atoms with Gasteiger partial charge in [-0.15, -0.1) is 0 Å². The van der Waals surface area contributed by atoms with Gasteiger partial charge in [-0.25, -0.2) is 9.78 Å². The monoisotopic (exact) mass is 731 g/mol. The van der Waals surface area contributed by atoms with E-state index in [0.717, 1.165) is 47.1 Å². The SMILES string of the molecule is CC(C)(C)NC(=O)N1CCN([C@H]2c3ccc(Cl)cc3CCc3cc(Br)cnc32)C[C@@H]1C(=O)N(CCCn1ccnc1)Cc1ccccc1. The van der Waals surface area contributed by atoms with Crippen LogP contribution in [-0.2, 0) is 30.7 Å². The zero-order valence-electron chi connectivity index (χ0n) is 27.8. The van der Waals surface area contributed by atoms with Crippen LogP contribution in [-0.4, -0.2) is 78.9 Å². The maximum Gasteiger partial charge on any atom is 0.318 e. The Hall–Kier alpha value is -3.73. The topological polar surface area (TPSA) is 86.6 Å². The van der Waals surface area contributed by atoms with Crippen molar-refractivity contribution in [2.24, 2.45) is 0 Å². The molecule has 4 aromatic rings. The lowest BCUT2D eigenvalue weighted by Crippen LogP contribution is -2.64.